The Balaban J connectivity index is 1.21. The Morgan fingerprint density at radius 3 is 2.59 bits per heavy atom. The third kappa shape index (κ3) is 3.50. The summed E-state index contributed by atoms with van der Waals surface area (Å²) >= 11 is 1.91. The standard InChI is InChI=1S/C22H27N3OS/c26-21(24-13-11-23(12-14-24)18-4-2-1-3-5-18)16-25-10-8-20-19(9-15-27-20)22(25)17-6-7-17/h1-5,9,15,17,22H,6-8,10-14,16H2/p+1/t22-/m0/s1. The van der Waals surface area contributed by atoms with Crippen LogP contribution >= 0.6 is 11.3 Å². The highest BCUT2D eigenvalue weighted by Gasteiger charge is 2.44. The molecule has 5 rings (SSSR count). The SMILES string of the molecule is O=C(C[NH+]1CCc2sccc2[C@@H]1C1CC1)N1CCN(c2ccccc2)CC1. The number of quaternary nitrogens is 1. The lowest BCUT2D eigenvalue weighted by Gasteiger charge is -2.38. The van der Waals surface area contributed by atoms with Gasteiger partial charge >= 0.3 is 0 Å². The second-order valence-electron chi connectivity index (χ2n) is 8.15. The van der Waals surface area contributed by atoms with Crippen LogP contribution in [0, 0.1) is 5.92 Å². The number of hydrogen-bond acceptors (Lipinski definition) is 3. The van der Waals surface area contributed by atoms with Crippen molar-refractivity contribution < 1.29 is 9.69 Å². The molecule has 4 nitrogen and oxygen atoms in total. The van der Waals surface area contributed by atoms with Crippen LogP contribution in [-0.4, -0.2) is 50.1 Å². The number of piperazine rings is 1. The van der Waals surface area contributed by atoms with Gasteiger partial charge in [0.2, 0.25) is 0 Å². The predicted octanol–water partition coefficient (Wildman–Crippen LogP) is 1.99. The summed E-state index contributed by atoms with van der Waals surface area (Å²) in [7, 11) is 0. The molecular weight excluding hydrogens is 354 g/mol. The maximum absolute atomic E-state index is 13.0. The molecule has 0 radical (unpaired) electrons. The van der Waals surface area contributed by atoms with Gasteiger partial charge in [0.1, 0.15) is 6.04 Å². The lowest BCUT2D eigenvalue weighted by atomic mass is 9.96. The van der Waals surface area contributed by atoms with Gasteiger partial charge in [-0.3, -0.25) is 4.79 Å². The number of hydrogen-bond donors (Lipinski definition) is 1. The van der Waals surface area contributed by atoms with Gasteiger partial charge in [-0.15, -0.1) is 11.3 Å². The number of para-hydroxylation sites is 1. The predicted molar refractivity (Wildman–Crippen MR) is 109 cm³/mol. The molecular formula is C22H28N3OS+. The van der Waals surface area contributed by atoms with Crippen molar-refractivity contribution in [1.29, 1.82) is 0 Å². The van der Waals surface area contributed by atoms with E-state index in [1.54, 1.807) is 10.4 Å². The van der Waals surface area contributed by atoms with E-state index in [0.717, 1.165) is 45.1 Å². The fourth-order valence-electron chi connectivity index (χ4n) is 4.85. The first-order valence-corrected chi connectivity index (χ1v) is 11.2. The highest BCUT2D eigenvalue weighted by molar-refractivity contribution is 7.10. The lowest BCUT2D eigenvalue weighted by molar-refractivity contribution is -0.929. The highest BCUT2D eigenvalue weighted by Crippen LogP contribution is 2.42. The van der Waals surface area contributed by atoms with Crippen LogP contribution in [0.25, 0.3) is 0 Å². The molecule has 142 valence electrons. The fourth-order valence-corrected chi connectivity index (χ4v) is 5.78. The van der Waals surface area contributed by atoms with Gasteiger partial charge in [-0.25, -0.2) is 0 Å². The van der Waals surface area contributed by atoms with Crippen LogP contribution in [0.4, 0.5) is 5.69 Å². The Morgan fingerprint density at radius 1 is 1.07 bits per heavy atom. The average molecular weight is 383 g/mol. The summed E-state index contributed by atoms with van der Waals surface area (Å²) in [6.07, 6.45) is 3.82. The lowest BCUT2D eigenvalue weighted by Crippen LogP contribution is -3.14. The van der Waals surface area contributed by atoms with E-state index >= 15 is 0 Å². The van der Waals surface area contributed by atoms with Gasteiger partial charge in [-0.05, 0) is 36.4 Å². The zero-order chi connectivity index (χ0) is 18.2. The van der Waals surface area contributed by atoms with Crippen LogP contribution < -0.4 is 9.80 Å². The molecule has 1 N–H and O–H groups in total. The monoisotopic (exact) mass is 382 g/mol. The number of benzene rings is 1. The third-order valence-electron chi connectivity index (χ3n) is 6.45. The minimum Gasteiger partial charge on any atom is -0.368 e. The largest absolute Gasteiger partial charge is 0.368 e. The van der Waals surface area contributed by atoms with Crippen molar-refractivity contribution >= 4 is 22.9 Å². The fraction of sp³-hybridized carbons (Fsp3) is 0.500. The number of amides is 1. The van der Waals surface area contributed by atoms with Crippen molar-refractivity contribution in [2.45, 2.75) is 25.3 Å². The molecule has 1 aromatic heterocycles. The van der Waals surface area contributed by atoms with Crippen molar-refractivity contribution in [3.8, 4) is 0 Å². The maximum Gasteiger partial charge on any atom is 0.277 e. The van der Waals surface area contributed by atoms with E-state index in [-0.39, 0.29) is 0 Å². The first-order valence-electron chi connectivity index (χ1n) is 10.3. The number of thiophene rings is 1. The first-order chi connectivity index (χ1) is 13.3. The van der Waals surface area contributed by atoms with E-state index in [4.69, 9.17) is 0 Å². The van der Waals surface area contributed by atoms with Gasteiger partial charge in [0.25, 0.3) is 5.91 Å². The molecule has 3 heterocycles. The molecule has 2 aliphatic heterocycles. The topological polar surface area (TPSA) is 28.0 Å². The average Bonchev–Trinajstić information content (AvgIpc) is 3.44. The van der Waals surface area contributed by atoms with Crippen LogP contribution in [0.5, 0.6) is 0 Å². The Kier molecular flexibility index (Phi) is 4.66. The zero-order valence-corrected chi connectivity index (χ0v) is 16.6. The zero-order valence-electron chi connectivity index (χ0n) is 15.8. The maximum atomic E-state index is 13.0. The van der Waals surface area contributed by atoms with Crippen molar-refractivity contribution in [3.63, 3.8) is 0 Å². The van der Waals surface area contributed by atoms with E-state index in [1.807, 2.05) is 11.3 Å². The van der Waals surface area contributed by atoms with Gasteiger partial charge in [0, 0.05) is 54.6 Å². The molecule has 1 unspecified atom stereocenters. The summed E-state index contributed by atoms with van der Waals surface area (Å²) in [5.41, 5.74) is 2.82. The highest BCUT2D eigenvalue weighted by atomic mass is 32.1. The minimum absolute atomic E-state index is 0.349. The number of carbonyl (C=O) groups excluding carboxylic acids is 1. The van der Waals surface area contributed by atoms with Crippen molar-refractivity contribution in [2.75, 3.05) is 44.2 Å². The number of nitrogens with one attached hydrogen (secondary N) is 1. The summed E-state index contributed by atoms with van der Waals surface area (Å²) in [4.78, 5) is 20.6. The van der Waals surface area contributed by atoms with Crippen LogP contribution in [-0.2, 0) is 11.2 Å². The van der Waals surface area contributed by atoms with E-state index in [1.165, 1.54) is 23.4 Å². The number of anilines is 1. The summed E-state index contributed by atoms with van der Waals surface area (Å²) in [5, 5.41) is 2.24. The normalized spacial score (nSPS) is 25.3. The number of fused-ring (bicyclic) bond motifs is 1. The second-order valence-corrected chi connectivity index (χ2v) is 9.15. The van der Waals surface area contributed by atoms with Crippen LogP contribution in [0.1, 0.15) is 29.3 Å². The minimum atomic E-state index is 0.349. The van der Waals surface area contributed by atoms with Crippen molar-refractivity contribution in [1.82, 2.24) is 4.90 Å². The Hall–Kier alpha value is -1.85. The van der Waals surface area contributed by atoms with Crippen LogP contribution in [0.3, 0.4) is 0 Å². The van der Waals surface area contributed by atoms with E-state index < -0.39 is 0 Å². The van der Waals surface area contributed by atoms with Gasteiger partial charge < -0.3 is 14.7 Å². The van der Waals surface area contributed by atoms with Crippen molar-refractivity contribution in [3.05, 3.63) is 52.2 Å². The molecule has 1 saturated heterocycles. The second kappa shape index (κ2) is 7.28. The third-order valence-corrected chi connectivity index (χ3v) is 7.45. The van der Waals surface area contributed by atoms with Crippen LogP contribution in [0.15, 0.2) is 41.8 Å². The van der Waals surface area contributed by atoms with E-state index in [2.05, 4.69) is 51.6 Å². The summed E-state index contributed by atoms with van der Waals surface area (Å²) in [6, 6.07) is 13.4. The summed E-state index contributed by atoms with van der Waals surface area (Å²) in [6.45, 7) is 5.35. The van der Waals surface area contributed by atoms with Gasteiger partial charge in [-0.1, -0.05) is 18.2 Å². The Labute approximate surface area is 165 Å². The number of rotatable bonds is 4. The molecule has 1 saturated carbocycles. The molecule has 2 fully saturated rings. The molecule has 1 aromatic carbocycles. The summed E-state index contributed by atoms with van der Waals surface area (Å²) < 4.78 is 0. The van der Waals surface area contributed by atoms with Gasteiger partial charge in [0.05, 0.1) is 6.54 Å². The molecule has 1 aliphatic carbocycles. The molecule has 2 atom stereocenters. The molecule has 3 aliphatic rings. The van der Waals surface area contributed by atoms with Gasteiger partial charge in [-0.2, -0.15) is 0 Å². The molecule has 0 bridgehead atoms. The molecule has 5 heteroatoms. The van der Waals surface area contributed by atoms with E-state index in [0.29, 0.717) is 18.5 Å². The number of nitrogens with zero attached hydrogens (tertiary/aromatic N) is 2. The summed E-state index contributed by atoms with van der Waals surface area (Å²) in [5.74, 6) is 1.15. The Morgan fingerprint density at radius 2 is 1.85 bits per heavy atom. The van der Waals surface area contributed by atoms with Crippen molar-refractivity contribution in [2.24, 2.45) is 5.92 Å². The quantitative estimate of drug-likeness (QED) is 0.876. The molecule has 2 aromatic rings. The molecule has 1 amide bonds. The van der Waals surface area contributed by atoms with Crippen LogP contribution in [0.2, 0.25) is 0 Å². The smallest absolute Gasteiger partial charge is 0.277 e. The molecule has 0 spiro atoms. The molecule has 27 heavy (non-hydrogen) atoms. The Bertz CT molecular complexity index is 793. The van der Waals surface area contributed by atoms with Gasteiger partial charge in [0.15, 0.2) is 6.54 Å². The first kappa shape index (κ1) is 17.3. The number of carbonyl (C=O) groups is 1. The van der Waals surface area contributed by atoms with E-state index in [9.17, 15) is 4.79 Å².